The lowest BCUT2D eigenvalue weighted by molar-refractivity contribution is -0.119. The largest absolute Gasteiger partial charge is 0.493 e. The zero-order valence-corrected chi connectivity index (χ0v) is 15.6. The van der Waals surface area contributed by atoms with Gasteiger partial charge in [0, 0.05) is 0 Å². The van der Waals surface area contributed by atoms with Crippen LogP contribution >= 0.6 is 0 Å². The maximum absolute atomic E-state index is 12.6. The number of aromatic nitrogens is 2. The Morgan fingerprint density at radius 2 is 1.79 bits per heavy atom. The molecular formula is C20H18N4O4. The number of methoxy groups -OCH3 is 3. The molecule has 0 aliphatic carbocycles. The molecule has 3 aromatic rings. The summed E-state index contributed by atoms with van der Waals surface area (Å²) < 4.78 is 18.2. The summed E-state index contributed by atoms with van der Waals surface area (Å²) >= 11 is 0. The number of anilines is 1. The van der Waals surface area contributed by atoms with Crippen LogP contribution in [0.25, 0.3) is 11.0 Å². The summed E-state index contributed by atoms with van der Waals surface area (Å²) in [5.41, 5.74) is 2.23. The Morgan fingerprint density at radius 3 is 2.39 bits per heavy atom. The Morgan fingerprint density at radius 1 is 1.11 bits per heavy atom. The van der Waals surface area contributed by atoms with E-state index in [2.05, 4.69) is 16.4 Å². The van der Waals surface area contributed by atoms with Crippen molar-refractivity contribution in [3.63, 3.8) is 0 Å². The number of ether oxygens (including phenoxy) is 3. The van der Waals surface area contributed by atoms with Crippen LogP contribution in [0.1, 0.15) is 11.6 Å². The zero-order chi connectivity index (χ0) is 19.8. The van der Waals surface area contributed by atoms with E-state index >= 15 is 0 Å². The van der Waals surface area contributed by atoms with Crippen LogP contribution < -0.4 is 19.5 Å². The molecule has 0 unspecified atom stereocenters. The van der Waals surface area contributed by atoms with Crippen LogP contribution in [0, 0.1) is 17.2 Å². The fraction of sp³-hybridized carbons (Fsp3) is 0.250. The Bertz CT molecular complexity index is 1090. The lowest BCUT2D eigenvalue weighted by Gasteiger charge is -2.30. The first kappa shape index (κ1) is 17.7. The van der Waals surface area contributed by atoms with Crippen molar-refractivity contribution in [2.24, 2.45) is 5.92 Å². The Labute approximate surface area is 161 Å². The third-order valence-electron chi connectivity index (χ3n) is 4.87. The molecule has 142 valence electrons. The minimum Gasteiger partial charge on any atom is -0.493 e. The van der Waals surface area contributed by atoms with Gasteiger partial charge in [0.05, 0.1) is 44.5 Å². The van der Waals surface area contributed by atoms with E-state index in [4.69, 9.17) is 14.2 Å². The number of amides is 1. The number of imidazole rings is 1. The number of hydrogen-bond acceptors (Lipinski definition) is 6. The number of fused-ring (bicyclic) bond motifs is 3. The normalized spacial score (nSPS) is 18.1. The molecule has 0 spiro atoms. The highest BCUT2D eigenvalue weighted by molar-refractivity contribution is 5.97. The van der Waals surface area contributed by atoms with Gasteiger partial charge in [-0.2, -0.15) is 5.26 Å². The van der Waals surface area contributed by atoms with Crippen LogP contribution in [0.4, 0.5) is 5.95 Å². The molecule has 1 N–H and O–H groups in total. The molecule has 2 aromatic carbocycles. The van der Waals surface area contributed by atoms with E-state index in [1.165, 1.54) is 21.3 Å². The number of nitrogens with zero attached hydrogens (tertiary/aromatic N) is 3. The molecule has 1 aliphatic rings. The average Bonchev–Trinajstić information content (AvgIpc) is 3.09. The van der Waals surface area contributed by atoms with Crippen LogP contribution in [0.3, 0.4) is 0 Å². The van der Waals surface area contributed by atoms with Gasteiger partial charge in [0.2, 0.25) is 17.6 Å². The lowest BCUT2D eigenvalue weighted by atomic mass is 9.91. The molecule has 2 atom stereocenters. The minimum absolute atomic E-state index is 0.399. The number of para-hydroxylation sites is 2. The number of rotatable bonds is 4. The lowest BCUT2D eigenvalue weighted by Crippen LogP contribution is -2.37. The number of benzene rings is 2. The molecule has 0 saturated heterocycles. The van der Waals surface area contributed by atoms with Gasteiger partial charge in [-0.05, 0) is 29.8 Å². The first-order chi connectivity index (χ1) is 13.6. The van der Waals surface area contributed by atoms with Gasteiger partial charge in [-0.1, -0.05) is 12.1 Å². The first-order valence-electron chi connectivity index (χ1n) is 8.60. The third-order valence-corrected chi connectivity index (χ3v) is 4.87. The summed E-state index contributed by atoms with van der Waals surface area (Å²) in [6, 6.07) is 12.6. The van der Waals surface area contributed by atoms with Crippen molar-refractivity contribution >= 4 is 22.9 Å². The molecule has 1 aromatic heterocycles. The monoisotopic (exact) mass is 378 g/mol. The molecule has 0 saturated carbocycles. The van der Waals surface area contributed by atoms with Crippen molar-refractivity contribution in [1.29, 1.82) is 5.26 Å². The fourth-order valence-corrected chi connectivity index (χ4v) is 3.64. The van der Waals surface area contributed by atoms with E-state index in [0.717, 1.165) is 11.0 Å². The Hall–Kier alpha value is -3.73. The highest BCUT2D eigenvalue weighted by atomic mass is 16.5. The van der Waals surface area contributed by atoms with Gasteiger partial charge in [-0.15, -0.1) is 0 Å². The number of carbonyl (C=O) groups is 1. The van der Waals surface area contributed by atoms with Crippen LogP contribution in [-0.4, -0.2) is 36.8 Å². The van der Waals surface area contributed by atoms with E-state index in [1.54, 1.807) is 12.1 Å². The Balaban J connectivity index is 2.01. The predicted octanol–water partition coefficient (Wildman–Crippen LogP) is 2.74. The van der Waals surface area contributed by atoms with Gasteiger partial charge in [0.1, 0.15) is 0 Å². The predicted molar refractivity (Wildman–Crippen MR) is 102 cm³/mol. The molecule has 0 radical (unpaired) electrons. The van der Waals surface area contributed by atoms with E-state index in [-0.39, 0.29) is 0 Å². The Kier molecular flexibility index (Phi) is 4.28. The molecule has 1 aliphatic heterocycles. The first-order valence-corrected chi connectivity index (χ1v) is 8.60. The van der Waals surface area contributed by atoms with Crippen LogP contribution in [0.5, 0.6) is 17.2 Å². The van der Waals surface area contributed by atoms with Crippen molar-refractivity contribution in [1.82, 2.24) is 9.55 Å². The second-order valence-electron chi connectivity index (χ2n) is 6.29. The maximum atomic E-state index is 12.6. The van der Waals surface area contributed by atoms with Crippen LogP contribution in [0.2, 0.25) is 0 Å². The van der Waals surface area contributed by atoms with Gasteiger partial charge in [-0.25, -0.2) is 4.98 Å². The quantitative estimate of drug-likeness (QED) is 0.750. The molecule has 8 heteroatoms. The van der Waals surface area contributed by atoms with Gasteiger partial charge < -0.3 is 18.8 Å². The third kappa shape index (κ3) is 2.52. The minimum atomic E-state index is -0.951. The van der Waals surface area contributed by atoms with E-state index in [9.17, 15) is 10.1 Å². The summed E-state index contributed by atoms with van der Waals surface area (Å²) in [6.07, 6.45) is 0. The standard InChI is InChI=1S/C20H18N4O4/c1-26-15-8-11(9-16(27-2)18(15)28-3)17-12(10-21)19(25)23-20-22-13-6-4-5-7-14(13)24(17)20/h4-9,12,17H,1-3H3,(H,22,23,25)/t12-,17+/m1/s1. The smallest absolute Gasteiger partial charge is 0.246 e. The summed E-state index contributed by atoms with van der Waals surface area (Å²) in [6.45, 7) is 0. The molecule has 2 heterocycles. The maximum Gasteiger partial charge on any atom is 0.246 e. The van der Waals surface area contributed by atoms with Crippen molar-refractivity contribution in [2.45, 2.75) is 6.04 Å². The average molecular weight is 378 g/mol. The summed E-state index contributed by atoms with van der Waals surface area (Å²) in [7, 11) is 4.57. The van der Waals surface area contributed by atoms with E-state index in [0.29, 0.717) is 28.8 Å². The molecule has 8 nitrogen and oxygen atoms in total. The van der Waals surface area contributed by atoms with Gasteiger partial charge in [0.25, 0.3) is 0 Å². The van der Waals surface area contributed by atoms with Crippen molar-refractivity contribution < 1.29 is 19.0 Å². The fourth-order valence-electron chi connectivity index (χ4n) is 3.64. The summed E-state index contributed by atoms with van der Waals surface area (Å²) in [5.74, 6) is 0.391. The van der Waals surface area contributed by atoms with Crippen molar-refractivity contribution in [2.75, 3.05) is 26.6 Å². The summed E-state index contributed by atoms with van der Waals surface area (Å²) in [5, 5.41) is 12.5. The molecule has 28 heavy (non-hydrogen) atoms. The number of nitriles is 1. The van der Waals surface area contributed by atoms with Crippen LogP contribution in [-0.2, 0) is 4.79 Å². The highest BCUT2D eigenvalue weighted by Crippen LogP contribution is 2.44. The van der Waals surface area contributed by atoms with E-state index in [1.807, 2.05) is 28.8 Å². The highest BCUT2D eigenvalue weighted by Gasteiger charge is 2.39. The van der Waals surface area contributed by atoms with Crippen LogP contribution in [0.15, 0.2) is 36.4 Å². The number of hydrogen-bond donors (Lipinski definition) is 1. The summed E-state index contributed by atoms with van der Waals surface area (Å²) in [4.78, 5) is 17.1. The van der Waals surface area contributed by atoms with Crippen molar-refractivity contribution in [3.05, 3.63) is 42.0 Å². The molecule has 0 bridgehead atoms. The van der Waals surface area contributed by atoms with E-state index < -0.39 is 17.9 Å². The van der Waals surface area contributed by atoms with Gasteiger partial charge in [0.15, 0.2) is 17.4 Å². The van der Waals surface area contributed by atoms with Gasteiger partial charge >= 0.3 is 0 Å². The second kappa shape index (κ2) is 6.78. The number of nitrogens with one attached hydrogen (secondary N) is 1. The van der Waals surface area contributed by atoms with Gasteiger partial charge in [-0.3, -0.25) is 10.1 Å². The molecule has 4 rings (SSSR count). The number of carbonyl (C=O) groups excluding carboxylic acids is 1. The molecule has 1 amide bonds. The SMILES string of the molecule is COc1cc([C@H]2[C@@H](C#N)C(=O)Nc3nc4ccccc4n32)cc(OC)c1OC. The zero-order valence-electron chi connectivity index (χ0n) is 15.6. The molecule has 0 fully saturated rings. The topological polar surface area (TPSA) is 98.4 Å². The second-order valence-corrected chi connectivity index (χ2v) is 6.29. The van der Waals surface area contributed by atoms with Crippen molar-refractivity contribution in [3.8, 4) is 23.3 Å². The molecular weight excluding hydrogens is 360 g/mol.